The normalized spacial score (nSPS) is 11.0. The second kappa shape index (κ2) is 8.76. The van der Waals surface area contributed by atoms with Gasteiger partial charge in [0.1, 0.15) is 0 Å². The van der Waals surface area contributed by atoms with Gasteiger partial charge in [0.2, 0.25) is 0 Å². The second-order valence-corrected chi connectivity index (χ2v) is 8.88. The molecule has 152 valence electrons. The van der Waals surface area contributed by atoms with E-state index in [-0.39, 0.29) is 38.3 Å². The van der Waals surface area contributed by atoms with E-state index in [0.717, 1.165) is 4.31 Å². The lowest BCUT2D eigenvalue weighted by Crippen LogP contribution is -2.31. The molecule has 6 nitrogen and oxygen atoms in total. The number of anilines is 1. The summed E-state index contributed by atoms with van der Waals surface area (Å²) >= 11 is 12.5. The van der Waals surface area contributed by atoms with Gasteiger partial charge in [-0.05, 0) is 48.5 Å². The topological polar surface area (TPSA) is 98.5 Å². The van der Waals surface area contributed by atoms with Crippen molar-refractivity contribution in [1.29, 1.82) is 5.26 Å². The standard InChI is InChI=1S/C21H14Cl2N2O4S/c22-19-8-3-9-20(23)18(19)13-25(16-6-2-5-15(11-16)21(26)27)30(28,29)17-7-1-4-14(10-17)12-24/h1-11H,13H2,(H,26,27). The van der Waals surface area contributed by atoms with E-state index in [1.165, 1.54) is 48.5 Å². The lowest BCUT2D eigenvalue weighted by atomic mass is 10.2. The van der Waals surface area contributed by atoms with Crippen molar-refractivity contribution >= 4 is 44.9 Å². The molecule has 0 atom stereocenters. The molecule has 0 saturated heterocycles. The number of nitriles is 1. The summed E-state index contributed by atoms with van der Waals surface area (Å²) in [5.74, 6) is -1.20. The minimum Gasteiger partial charge on any atom is -0.478 e. The zero-order valence-corrected chi connectivity index (χ0v) is 17.6. The summed E-state index contributed by atoms with van der Waals surface area (Å²) in [7, 11) is -4.19. The molecule has 3 rings (SSSR count). The Bertz CT molecular complexity index is 1250. The molecule has 0 aliphatic heterocycles. The van der Waals surface area contributed by atoms with Crippen LogP contribution in [0.3, 0.4) is 0 Å². The molecule has 0 amide bonds. The first-order chi connectivity index (χ1) is 14.2. The van der Waals surface area contributed by atoms with E-state index in [9.17, 15) is 18.3 Å². The van der Waals surface area contributed by atoms with Crippen molar-refractivity contribution in [3.05, 3.63) is 93.5 Å². The highest BCUT2D eigenvalue weighted by molar-refractivity contribution is 7.92. The zero-order chi connectivity index (χ0) is 21.9. The molecule has 0 aliphatic rings. The largest absolute Gasteiger partial charge is 0.478 e. The molecule has 1 N–H and O–H groups in total. The van der Waals surface area contributed by atoms with E-state index >= 15 is 0 Å². The highest BCUT2D eigenvalue weighted by Crippen LogP contribution is 2.32. The summed E-state index contributed by atoms with van der Waals surface area (Å²) in [5.41, 5.74) is 0.574. The van der Waals surface area contributed by atoms with Crippen molar-refractivity contribution in [2.45, 2.75) is 11.4 Å². The molecule has 0 fully saturated rings. The van der Waals surface area contributed by atoms with Crippen LogP contribution in [0.25, 0.3) is 0 Å². The summed E-state index contributed by atoms with van der Waals surface area (Å²) in [6.07, 6.45) is 0. The monoisotopic (exact) mass is 460 g/mol. The van der Waals surface area contributed by atoms with Gasteiger partial charge in [-0.2, -0.15) is 5.26 Å². The number of carboxylic acids is 1. The highest BCUT2D eigenvalue weighted by Gasteiger charge is 2.27. The predicted molar refractivity (Wildman–Crippen MR) is 114 cm³/mol. The third kappa shape index (κ3) is 4.41. The molecular formula is C21H14Cl2N2O4S. The van der Waals surface area contributed by atoms with Crippen molar-refractivity contribution in [3.63, 3.8) is 0 Å². The lowest BCUT2D eigenvalue weighted by molar-refractivity contribution is 0.0697. The third-order valence-electron chi connectivity index (χ3n) is 4.30. The Morgan fingerprint density at radius 1 is 1.00 bits per heavy atom. The number of rotatable bonds is 6. The molecular weight excluding hydrogens is 447 g/mol. The predicted octanol–water partition coefficient (Wildman–Crippen LogP) is 4.96. The maximum Gasteiger partial charge on any atom is 0.335 e. The molecule has 0 spiro atoms. The van der Waals surface area contributed by atoms with Crippen LogP contribution in [-0.2, 0) is 16.6 Å². The smallest absolute Gasteiger partial charge is 0.335 e. The number of aromatic carboxylic acids is 1. The fourth-order valence-electron chi connectivity index (χ4n) is 2.79. The van der Waals surface area contributed by atoms with Gasteiger partial charge in [0.05, 0.1) is 34.3 Å². The average Bonchev–Trinajstić information content (AvgIpc) is 2.73. The Morgan fingerprint density at radius 2 is 1.63 bits per heavy atom. The van der Waals surface area contributed by atoms with E-state index in [2.05, 4.69) is 0 Å². The van der Waals surface area contributed by atoms with Crippen molar-refractivity contribution < 1.29 is 18.3 Å². The first kappa shape index (κ1) is 21.7. The van der Waals surface area contributed by atoms with Gasteiger partial charge in [0, 0.05) is 15.6 Å². The third-order valence-corrected chi connectivity index (χ3v) is 6.77. The number of nitrogens with zero attached hydrogens (tertiary/aromatic N) is 2. The number of benzene rings is 3. The number of carboxylic acid groups (broad SMARTS) is 1. The van der Waals surface area contributed by atoms with Gasteiger partial charge >= 0.3 is 5.97 Å². The molecule has 0 aliphatic carbocycles. The minimum absolute atomic E-state index is 0.0799. The molecule has 0 saturated carbocycles. The number of sulfonamides is 1. The van der Waals surface area contributed by atoms with Gasteiger partial charge in [-0.25, -0.2) is 13.2 Å². The molecule has 0 radical (unpaired) electrons. The molecule has 3 aromatic carbocycles. The van der Waals surface area contributed by atoms with E-state index in [1.807, 2.05) is 6.07 Å². The van der Waals surface area contributed by atoms with Crippen LogP contribution in [0.1, 0.15) is 21.5 Å². The van der Waals surface area contributed by atoms with Crippen LogP contribution in [0.4, 0.5) is 5.69 Å². The lowest BCUT2D eigenvalue weighted by Gasteiger charge is -2.26. The van der Waals surface area contributed by atoms with Crippen molar-refractivity contribution in [3.8, 4) is 6.07 Å². The summed E-state index contributed by atoms with van der Waals surface area (Å²) in [5, 5.41) is 19.0. The second-order valence-electron chi connectivity index (χ2n) is 6.21. The summed E-state index contributed by atoms with van der Waals surface area (Å²) < 4.78 is 28.0. The molecule has 3 aromatic rings. The Labute approximate surface area is 183 Å². The van der Waals surface area contributed by atoms with Gasteiger partial charge in [-0.15, -0.1) is 0 Å². The van der Waals surface area contributed by atoms with Crippen molar-refractivity contribution in [1.82, 2.24) is 0 Å². The number of hydrogen-bond acceptors (Lipinski definition) is 4. The molecule has 9 heteroatoms. The number of carbonyl (C=O) groups is 1. The summed E-state index contributed by atoms with van der Waals surface area (Å²) in [6, 6.07) is 17.8. The molecule has 0 aromatic heterocycles. The van der Waals surface area contributed by atoms with E-state index in [0.29, 0.717) is 5.56 Å². The minimum atomic E-state index is -4.19. The Hall–Kier alpha value is -3.05. The van der Waals surface area contributed by atoms with E-state index in [1.54, 1.807) is 18.2 Å². The molecule has 0 heterocycles. The van der Waals surface area contributed by atoms with Crippen LogP contribution in [-0.4, -0.2) is 19.5 Å². The molecule has 30 heavy (non-hydrogen) atoms. The van der Waals surface area contributed by atoms with Crippen LogP contribution in [0.2, 0.25) is 10.0 Å². The molecule has 0 unspecified atom stereocenters. The average molecular weight is 461 g/mol. The number of hydrogen-bond donors (Lipinski definition) is 1. The van der Waals surface area contributed by atoms with Crippen LogP contribution < -0.4 is 4.31 Å². The first-order valence-corrected chi connectivity index (χ1v) is 10.7. The molecule has 0 bridgehead atoms. The van der Waals surface area contributed by atoms with Crippen molar-refractivity contribution in [2.24, 2.45) is 0 Å². The summed E-state index contributed by atoms with van der Waals surface area (Å²) in [6.45, 7) is -0.235. The number of halogens is 2. The maximum atomic E-state index is 13.5. The highest BCUT2D eigenvalue weighted by atomic mass is 35.5. The Kier molecular flexibility index (Phi) is 6.32. The Morgan fingerprint density at radius 3 is 2.27 bits per heavy atom. The fraction of sp³-hybridized carbons (Fsp3) is 0.0476. The van der Waals surface area contributed by atoms with Crippen LogP contribution >= 0.6 is 23.2 Å². The van der Waals surface area contributed by atoms with Gasteiger partial charge < -0.3 is 5.11 Å². The van der Waals surface area contributed by atoms with E-state index in [4.69, 9.17) is 28.5 Å². The van der Waals surface area contributed by atoms with Crippen LogP contribution in [0, 0.1) is 11.3 Å². The van der Waals surface area contributed by atoms with Gasteiger partial charge in [-0.1, -0.05) is 41.4 Å². The quantitative estimate of drug-likeness (QED) is 0.560. The van der Waals surface area contributed by atoms with Gasteiger partial charge in [0.25, 0.3) is 10.0 Å². The fourth-order valence-corrected chi connectivity index (χ4v) is 4.78. The first-order valence-electron chi connectivity index (χ1n) is 8.53. The van der Waals surface area contributed by atoms with E-state index < -0.39 is 16.0 Å². The van der Waals surface area contributed by atoms with Crippen molar-refractivity contribution in [2.75, 3.05) is 4.31 Å². The maximum absolute atomic E-state index is 13.5. The van der Waals surface area contributed by atoms with Crippen LogP contribution in [0.5, 0.6) is 0 Å². The summed E-state index contributed by atoms with van der Waals surface area (Å²) in [4.78, 5) is 11.3. The van der Waals surface area contributed by atoms with Gasteiger partial charge in [-0.3, -0.25) is 4.31 Å². The van der Waals surface area contributed by atoms with Crippen LogP contribution in [0.15, 0.2) is 71.6 Å². The van der Waals surface area contributed by atoms with Gasteiger partial charge in [0.15, 0.2) is 0 Å². The SMILES string of the molecule is N#Cc1cccc(S(=O)(=O)N(Cc2c(Cl)cccc2Cl)c2cccc(C(=O)O)c2)c1. The zero-order valence-electron chi connectivity index (χ0n) is 15.3. The Balaban J connectivity index is 2.20.